The SMILES string of the molecule is C=C1CCCC2(C)CC[C@@H](C(=C)C)CC12. The summed E-state index contributed by atoms with van der Waals surface area (Å²) in [5.41, 5.74) is 3.48. The van der Waals surface area contributed by atoms with Crippen molar-refractivity contribution >= 4 is 0 Å². The molecule has 2 fully saturated rings. The zero-order valence-electron chi connectivity index (χ0n) is 10.3. The van der Waals surface area contributed by atoms with Crippen molar-refractivity contribution in [2.45, 2.75) is 52.4 Å². The maximum atomic E-state index is 4.31. The Kier molecular flexibility index (Phi) is 2.79. The number of hydrogen-bond acceptors (Lipinski definition) is 0. The summed E-state index contributed by atoms with van der Waals surface area (Å²) in [7, 11) is 0. The molecular weight excluding hydrogens is 180 g/mol. The van der Waals surface area contributed by atoms with Crippen LogP contribution < -0.4 is 0 Å². The highest BCUT2D eigenvalue weighted by Crippen LogP contribution is 2.54. The van der Waals surface area contributed by atoms with Gasteiger partial charge in [-0.25, -0.2) is 0 Å². The molecular formula is C15H24. The Morgan fingerprint density at radius 1 is 1.40 bits per heavy atom. The van der Waals surface area contributed by atoms with E-state index in [0.717, 1.165) is 11.8 Å². The molecule has 0 saturated heterocycles. The minimum absolute atomic E-state index is 0.571. The zero-order chi connectivity index (χ0) is 11.1. The van der Waals surface area contributed by atoms with Gasteiger partial charge in [-0.15, -0.1) is 0 Å². The molecule has 3 atom stereocenters. The highest BCUT2D eigenvalue weighted by Gasteiger charge is 2.42. The minimum Gasteiger partial charge on any atom is -0.0999 e. The van der Waals surface area contributed by atoms with E-state index in [9.17, 15) is 0 Å². The van der Waals surface area contributed by atoms with E-state index in [1.54, 1.807) is 0 Å². The lowest BCUT2D eigenvalue weighted by atomic mass is 9.56. The molecule has 0 spiro atoms. The molecule has 0 heterocycles. The topological polar surface area (TPSA) is 0 Å². The first-order valence-electron chi connectivity index (χ1n) is 6.36. The van der Waals surface area contributed by atoms with E-state index in [2.05, 4.69) is 27.0 Å². The summed E-state index contributed by atoms with van der Waals surface area (Å²) in [6, 6.07) is 0. The van der Waals surface area contributed by atoms with E-state index in [-0.39, 0.29) is 0 Å². The summed E-state index contributed by atoms with van der Waals surface area (Å²) in [6.07, 6.45) is 8.11. The van der Waals surface area contributed by atoms with E-state index >= 15 is 0 Å². The molecule has 0 nitrogen and oxygen atoms in total. The predicted octanol–water partition coefficient (Wildman–Crippen LogP) is 4.73. The molecule has 2 aliphatic carbocycles. The summed E-state index contributed by atoms with van der Waals surface area (Å²) < 4.78 is 0. The molecule has 0 amide bonds. The molecule has 15 heavy (non-hydrogen) atoms. The average Bonchev–Trinajstić information content (AvgIpc) is 2.17. The molecule has 0 aliphatic heterocycles. The summed E-state index contributed by atoms with van der Waals surface area (Å²) >= 11 is 0. The van der Waals surface area contributed by atoms with E-state index in [1.807, 2.05) is 0 Å². The number of rotatable bonds is 1. The summed E-state index contributed by atoms with van der Waals surface area (Å²) in [5, 5.41) is 0. The Morgan fingerprint density at radius 2 is 2.13 bits per heavy atom. The third kappa shape index (κ3) is 1.91. The van der Waals surface area contributed by atoms with Gasteiger partial charge in [0.25, 0.3) is 0 Å². The Labute approximate surface area is 94.5 Å². The van der Waals surface area contributed by atoms with Gasteiger partial charge in [0.2, 0.25) is 0 Å². The van der Waals surface area contributed by atoms with Gasteiger partial charge in [-0.05, 0) is 62.7 Å². The molecule has 0 aromatic rings. The van der Waals surface area contributed by atoms with Crippen LogP contribution in [0.5, 0.6) is 0 Å². The van der Waals surface area contributed by atoms with Crippen molar-refractivity contribution in [2.24, 2.45) is 17.3 Å². The Hall–Kier alpha value is -0.520. The summed E-state index contributed by atoms with van der Waals surface area (Å²) in [4.78, 5) is 0. The fraction of sp³-hybridized carbons (Fsp3) is 0.733. The molecule has 2 aliphatic rings. The van der Waals surface area contributed by atoms with Gasteiger partial charge in [0, 0.05) is 0 Å². The van der Waals surface area contributed by atoms with Gasteiger partial charge >= 0.3 is 0 Å². The van der Waals surface area contributed by atoms with Gasteiger partial charge in [0.05, 0.1) is 0 Å². The molecule has 2 unspecified atom stereocenters. The fourth-order valence-electron chi connectivity index (χ4n) is 3.66. The molecule has 0 radical (unpaired) electrons. The number of allylic oxidation sites excluding steroid dienone is 2. The van der Waals surface area contributed by atoms with Crippen LogP contribution in [0.25, 0.3) is 0 Å². The smallest absolute Gasteiger partial charge is 0.0146 e. The van der Waals surface area contributed by atoms with Crippen molar-refractivity contribution in [3.05, 3.63) is 24.3 Å². The Morgan fingerprint density at radius 3 is 2.80 bits per heavy atom. The first-order chi connectivity index (χ1) is 7.03. The van der Waals surface area contributed by atoms with Crippen molar-refractivity contribution < 1.29 is 0 Å². The Bertz CT molecular complexity index is 286. The van der Waals surface area contributed by atoms with Gasteiger partial charge < -0.3 is 0 Å². The predicted molar refractivity (Wildman–Crippen MR) is 66.7 cm³/mol. The van der Waals surface area contributed by atoms with Crippen LogP contribution in [0.15, 0.2) is 24.3 Å². The third-order valence-electron chi connectivity index (χ3n) is 4.86. The number of fused-ring (bicyclic) bond motifs is 1. The maximum absolute atomic E-state index is 4.31. The monoisotopic (exact) mass is 204 g/mol. The standard InChI is InChI=1S/C15H24/c1-11(2)13-7-9-15(4)8-5-6-12(3)14(15)10-13/h13-14H,1,3,5-10H2,2,4H3/t13-,14?,15?/m1/s1. The first-order valence-corrected chi connectivity index (χ1v) is 6.36. The lowest BCUT2D eigenvalue weighted by Gasteiger charge is -2.49. The second-order valence-corrected chi connectivity index (χ2v) is 6.04. The van der Waals surface area contributed by atoms with Crippen LogP contribution in [0.3, 0.4) is 0 Å². The van der Waals surface area contributed by atoms with Crippen LogP contribution in [0.4, 0.5) is 0 Å². The lowest BCUT2D eigenvalue weighted by molar-refractivity contribution is 0.0832. The molecule has 0 bridgehead atoms. The van der Waals surface area contributed by atoms with Crippen LogP contribution >= 0.6 is 0 Å². The van der Waals surface area contributed by atoms with Crippen molar-refractivity contribution in [1.82, 2.24) is 0 Å². The lowest BCUT2D eigenvalue weighted by Crippen LogP contribution is -2.38. The van der Waals surface area contributed by atoms with Crippen molar-refractivity contribution in [1.29, 1.82) is 0 Å². The zero-order valence-corrected chi connectivity index (χ0v) is 10.3. The molecule has 0 N–H and O–H groups in total. The highest BCUT2D eigenvalue weighted by molar-refractivity contribution is 5.15. The van der Waals surface area contributed by atoms with Gasteiger partial charge in [-0.1, -0.05) is 31.2 Å². The molecule has 2 saturated carbocycles. The van der Waals surface area contributed by atoms with Gasteiger partial charge in [0.15, 0.2) is 0 Å². The normalized spacial score (nSPS) is 41.1. The third-order valence-corrected chi connectivity index (χ3v) is 4.86. The minimum atomic E-state index is 0.571. The van der Waals surface area contributed by atoms with E-state index in [0.29, 0.717) is 5.41 Å². The summed E-state index contributed by atoms with van der Waals surface area (Å²) in [6.45, 7) is 13.1. The maximum Gasteiger partial charge on any atom is -0.0146 e. The average molecular weight is 204 g/mol. The van der Waals surface area contributed by atoms with Crippen molar-refractivity contribution in [3.8, 4) is 0 Å². The van der Waals surface area contributed by atoms with E-state index < -0.39 is 0 Å². The van der Waals surface area contributed by atoms with Crippen LogP contribution in [-0.4, -0.2) is 0 Å². The largest absolute Gasteiger partial charge is 0.0999 e. The molecule has 2 rings (SSSR count). The Balaban J connectivity index is 2.16. The molecule has 0 heteroatoms. The van der Waals surface area contributed by atoms with Crippen molar-refractivity contribution in [3.63, 3.8) is 0 Å². The fourth-order valence-corrected chi connectivity index (χ4v) is 3.66. The van der Waals surface area contributed by atoms with Crippen LogP contribution in [0.2, 0.25) is 0 Å². The highest BCUT2D eigenvalue weighted by atomic mass is 14.5. The van der Waals surface area contributed by atoms with Gasteiger partial charge in [-0.3, -0.25) is 0 Å². The summed E-state index contributed by atoms with van der Waals surface area (Å²) in [5.74, 6) is 1.54. The van der Waals surface area contributed by atoms with Crippen LogP contribution in [0, 0.1) is 17.3 Å². The molecule has 0 aromatic carbocycles. The van der Waals surface area contributed by atoms with E-state index in [1.165, 1.54) is 49.7 Å². The van der Waals surface area contributed by atoms with Gasteiger partial charge in [-0.2, -0.15) is 0 Å². The van der Waals surface area contributed by atoms with Gasteiger partial charge in [0.1, 0.15) is 0 Å². The van der Waals surface area contributed by atoms with Crippen molar-refractivity contribution in [2.75, 3.05) is 0 Å². The first kappa shape index (κ1) is 11.0. The number of hydrogen-bond donors (Lipinski definition) is 0. The second-order valence-electron chi connectivity index (χ2n) is 6.04. The quantitative estimate of drug-likeness (QED) is 0.542. The van der Waals surface area contributed by atoms with E-state index in [4.69, 9.17) is 0 Å². The van der Waals surface area contributed by atoms with Crippen LogP contribution in [0.1, 0.15) is 52.4 Å². The molecule has 0 aromatic heterocycles. The molecule has 84 valence electrons. The second kappa shape index (κ2) is 3.81. The van der Waals surface area contributed by atoms with Crippen LogP contribution in [-0.2, 0) is 0 Å².